The van der Waals surface area contributed by atoms with E-state index in [9.17, 15) is 43.2 Å². The van der Waals surface area contributed by atoms with E-state index in [2.05, 4.69) is 26.6 Å². The number of amides is 5. The number of alkyl carbamates (subject to hydrolysis) is 3. The number of carbonyl (C=O) groups excluding carboxylic acids is 9. The van der Waals surface area contributed by atoms with Gasteiger partial charge in [-0.3, -0.25) is 28.8 Å². The van der Waals surface area contributed by atoms with E-state index >= 15 is 0 Å². The van der Waals surface area contributed by atoms with Crippen molar-refractivity contribution in [3.05, 3.63) is 196 Å². The number of nitrogens with two attached hydrogens (primary N) is 1. The van der Waals surface area contributed by atoms with Crippen molar-refractivity contribution in [2.75, 3.05) is 41.0 Å². The van der Waals surface area contributed by atoms with Crippen LogP contribution in [0.15, 0.2) is 146 Å². The van der Waals surface area contributed by atoms with E-state index in [1.165, 1.54) is 46.5 Å². The summed E-state index contributed by atoms with van der Waals surface area (Å²) < 4.78 is 32.5. The average molecular weight is 1250 g/mol. The number of benzene rings is 6. The average Bonchev–Trinajstić information content (AvgIpc) is 1.19. The zero-order valence-corrected chi connectivity index (χ0v) is 52.0. The van der Waals surface area contributed by atoms with Crippen LogP contribution in [0, 0.1) is 0 Å². The highest BCUT2D eigenvalue weighted by molar-refractivity contribution is 6.02. The van der Waals surface area contributed by atoms with Gasteiger partial charge in [0.1, 0.15) is 37.1 Å². The van der Waals surface area contributed by atoms with Crippen molar-refractivity contribution in [3.8, 4) is 17.2 Å². The first kappa shape index (κ1) is 70.2. The Morgan fingerprint density at radius 2 is 0.703 bits per heavy atom. The summed E-state index contributed by atoms with van der Waals surface area (Å²) in [6.07, 6.45) is 1.05. The van der Waals surface area contributed by atoms with Crippen LogP contribution in [-0.2, 0) is 67.7 Å². The molecule has 0 aliphatic heterocycles. The van der Waals surface area contributed by atoms with Crippen LogP contribution < -0.4 is 46.5 Å². The Morgan fingerprint density at radius 3 is 1.04 bits per heavy atom. The maximum atomic E-state index is 14.6. The van der Waals surface area contributed by atoms with Crippen molar-refractivity contribution >= 4 is 53.2 Å². The Morgan fingerprint density at radius 1 is 0.385 bits per heavy atom. The molecule has 0 aromatic heterocycles. The SMILES string of the molecule is COc1ccc(CC(=O)[C@H](CCCCNC(=O)OCc2ccccc2)NC(=O)c2cc(CC(=O)[C@H](CCCCNC(=O)OCc3ccccc3)NC(=O)c3cc(CC(=O)[C@@H](N)CCCCNC(=O)OCc4ccccc4)ccc3OC)ccc2OC)cc1C(C)=O. The number of hydrogen-bond acceptors (Lipinski definition) is 16. The molecule has 21 heteroatoms. The van der Waals surface area contributed by atoms with Gasteiger partial charge in [0.15, 0.2) is 23.1 Å². The first-order valence-electron chi connectivity index (χ1n) is 30.3. The molecule has 0 heterocycles. The smallest absolute Gasteiger partial charge is 0.407 e. The molecule has 0 fully saturated rings. The Bertz CT molecular complexity index is 3380. The second-order valence-electron chi connectivity index (χ2n) is 21.7. The summed E-state index contributed by atoms with van der Waals surface area (Å²) in [6.45, 7) is 2.46. The van der Waals surface area contributed by atoms with E-state index in [1.807, 2.05) is 91.0 Å². The van der Waals surface area contributed by atoms with Crippen molar-refractivity contribution in [1.29, 1.82) is 0 Å². The van der Waals surface area contributed by atoms with Crippen molar-refractivity contribution in [2.24, 2.45) is 5.73 Å². The minimum Gasteiger partial charge on any atom is -0.496 e. The maximum Gasteiger partial charge on any atom is 0.407 e. The number of ketones is 4. The molecular formula is C70H82N6O15. The second kappa shape index (κ2) is 37.8. The van der Waals surface area contributed by atoms with Crippen LogP contribution >= 0.6 is 0 Å². The fourth-order valence-corrected chi connectivity index (χ4v) is 9.80. The van der Waals surface area contributed by atoms with Crippen molar-refractivity contribution < 1.29 is 71.6 Å². The van der Waals surface area contributed by atoms with Gasteiger partial charge in [0.05, 0.1) is 56.1 Å². The highest BCUT2D eigenvalue weighted by atomic mass is 16.6. The quantitative estimate of drug-likeness (QED) is 0.0119. The van der Waals surface area contributed by atoms with E-state index in [0.29, 0.717) is 79.5 Å². The highest BCUT2D eigenvalue weighted by Gasteiger charge is 2.28. The summed E-state index contributed by atoms with van der Waals surface area (Å²) in [6, 6.07) is 38.9. The van der Waals surface area contributed by atoms with Gasteiger partial charge in [0, 0.05) is 38.9 Å². The third-order valence-corrected chi connectivity index (χ3v) is 14.8. The predicted octanol–water partition coefficient (Wildman–Crippen LogP) is 9.46. The number of hydrogen-bond donors (Lipinski definition) is 6. The molecule has 0 aliphatic rings. The van der Waals surface area contributed by atoms with Crippen LogP contribution in [0.2, 0.25) is 0 Å². The number of nitrogens with one attached hydrogen (secondary N) is 5. The van der Waals surface area contributed by atoms with Gasteiger partial charge >= 0.3 is 18.3 Å². The van der Waals surface area contributed by atoms with E-state index in [1.54, 1.807) is 36.4 Å². The Labute approximate surface area is 530 Å². The normalized spacial score (nSPS) is 11.7. The lowest BCUT2D eigenvalue weighted by Crippen LogP contribution is -2.42. The summed E-state index contributed by atoms with van der Waals surface area (Å²) >= 11 is 0. The van der Waals surface area contributed by atoms with Gasteiger partial charge in [-0.1, -0.05) is 109 Å². The maximum absolute atomic E-state index is 14.6. The van der Waals surface area contributed by atoms with Gasteiger partial charge in [0.25, 0.3) is 11.8 Å². The lowest BCUT2D eigenvalue weighted by Gasteiger charge is -2.21. The van der Waals surface area contributed by atoms with Gasteiger partial charge in [-0.25, -0.2) is 14.4 Å². The minimum absolute atomic E-state index is 0.0205. The molecule has 0 bridgehead atoms. The zero-order valence-electron chi connectivity index (χ0n) is 52.0. The molecule has 3 atom stereocenters. The monoisotopic (exact) mass is 1250 g/mol. The molecule has 0 spiro atoms. The molecular weight excluding hydrogens is 1160 g/mol. The van der Waals surface area contributed by atoms with Crippen LogP contribution in [0.5, 0.6) is 17.2 Å². The first-order valence-corrected chi connectivity index (χ1v) is 30.3. The molecule has 0 aliphatic carbocycles. The highest BCUT2D eigenvalue weighted by Crippen LogP contribution is 2.26. The molecule has 482 valence electrons. The summed E-state index contributed by atoms with van der Waals surface area (Å²) in [7, 11) is 4.20. The van der Waals surface area contributed by atoms with Crippen LogP contribution in [0.4, 0.5) is 14.4 Å². The third kappa shape index (κ3) is 24.2. The Hall–Kier alpha value is -9.89. The molecule has 7 N–H and O–H groups in total. The molecule has 0 radical (unpaired) electrons. The molecule has 0 unspecified atom stereocenters. The molecule has 6 aromatic rings. The number of carbonyl (C=O) groups is 9. The summed E-state index contributed by atoms with van der Waals surface area (Å²) in [5.41, 5.74) is 10.6. The molecule has 0 saturated carbocycles. The Balaban J connectivity index is 1.13. The standard InChI is InChI=1S/C70H82N6O15/c1-47(77)54-38-51(29-32-63(54)86-2)42-61(79)58(27-15-18-36-73-69(84)90-45-49-22-10-6-11-23-49)75-67(82)56-40-53(31-34-65(56)88-4)43-62(80)59(28-16-19-37-74-70(85)91-46-50-24-12-7-13-25-50)76-66(81)55-39-52(30-33-64(55)87-3)41-60(78)57(71)26-14-17-35-72-68(83)89-44-48-20-8-5-9-21-48/h5-13,20-25,29-34,38-40,57-59H,14-19,26-28,35-37,41-46,71H2,1-4H3,(H,72,83)(H,73,84)(H,74,85)(H,75,82)(H,76,81)/t57-,58-,59-/m0/s1. The van der Waals surface area contributed by atoms with Crippen LogP contribution in [0.3, 0.4) is 0 Å². The lowest BCUT2D eigenvalue weighted by molar-refractivity contribution is -0.121. The molecule has 6 rings (SSSR count). The van der Waals surface area contributed by atoms with E-state index in [-0.39, 0.29) is 105 Å². The number of methoxy groups -OCH3 is 3. The van der Waals surface area contributed by atoms with Crippen molar-refractivity contribution in [3.63, 3.8) is 0 Å². The molecule has 6 aromatic carbocycles. The first-order chi connectivity index (χ1) is 44.0. The van der Waals surface area contributed by atoms with E-state index < -0.39 is 54.0 Å². The number of rotatable bonds is 38. The predicted molar refractivity (Wildman–Crippen MR) is 341 cm³/mol. The van der Waals surface area contributed by atoms with Gasteiger partial charge in [-0.05, 0) is 134 Å². The van der Waals surface area contributed by atoms with Crippen LogP contribution in [0.25, 0.3) is 0 Å². The van der Waals surface area contributed by atoms with Crippen LogP contribution in [-0.4, -0.2) is 112 Å². The Kier molecular flexibility index (Phi) is 29.2. The molecule has 0 saturated heterocycles. The van der Waals surface area contributed by atoms with Crippen LogP contribution in [0.1, 0.15) is 129 Å². The summed E-state index contributed by atoms with van der Waals surface area (Å²) in [5.74, 6) is -1.98. The van der Waals surface area contributed by atoms with Gasteiger partial charge in [-0.15, -0.1) is 0 Å². The number of ether oxygens (including phenoxy) is 6. The van der Waals surface area contributed by atoms with Gasteiger partial charge in [0.2, 0.25) is 0 Å². The topological polar surface area (TPSA) is 295 Å². The fourth-order valence-electron chi connectivity index (χ4n) is 9.80. The fraction of sp³-hybridized carbons (Fsp3) is 0.357. The second-order valence-corrected chi connectivity index (χ2v) is 21.7. The minimum atomic E-state index is -1.11. The van der Waals surface area contributed by atoms with Gasteiger partial charge in [-0.2, -0.15) is 0 Å². The lowest BCUT2D eigenvalue weighted by atomic mass is 9.95. The zero-order chi connectivity index (χ0) is 65.3. The molecule has 5 amide bonds. The van der Waals surface area contributed by atoms with E-state index in [0.717, 1.165) is 16.7 Å². The third-order valence-electron chi connectivity index (χ3n) is 14.8. The van der Waals surface area contributed by atoms with E-state index in [4.69, 9.17) is 34.2 Å². The van der Waals surface area contributed by atoms with Crippen molar-refractivity contribution in [1.82, 2.24) is 26.6 Å². The molecule has 91 heavy (non-hydrogen) atoms. The largest absolute Gasteiger partial charge is 0.496 e. The number of unbranched alkanes of at least 4 members (excludes halogenated alkanes) is 3. The summed E-state index contributed by atoms with van der Waals surface area (Å²) in [4.78, 5) is 121. The molecule has 21 nitrogen and oxygen atoms in total. The van der Waals surface area contributed by atoms with Gasteiger partial charge < -0.3 is 60.7 Å². The summed E-state index contributed by atoms with van der Waals surface area (Å²) in [5, 5.41) is 13.9. The number of Topliss-reactive ketones (excluding diaryl/α,β-unsaturated/α-hetero) is 4. The van der Waals surface area contributed by atoms with Crippen molar-refractivity contribution in [2.45, 2.75) is 122 Å².